The van der Waals surface area contributed by atoms with E-state index in [4.69, 9.17) is 4.52 Å². The van der Waals surface area contributed by atoms with Gasteiger partial charge >= 0.3 is 0 Å². The van der Waals surface area contributed by atoms with Crippen molar-refractivity contribution in [3.63, 3.8) is 0 Å². The average molecular weight is 367 g/mol. The zero-order valence-corrected chi connectivity index (χ0v) is 15.8. The molecule has 0 saturated heterocycles. The van der Waals surface area contributed by atoms with Gasteiger partial charge in [-0.2, -0.15) is 0 Å². The van der Waals surface area contributed by atoms with Crippen LogP contribution >= 0.6 is 11.3 Å². The predicted octanol–water partition coefficient (Wildman–Crippen LogP) is 4.20. The highest BCUT2D eigenvalue weighted by Gasteiger charge is 2.23. The summed E-state index contributed by atoms with van der Waals surface area (Å²) in [5.74, 6) is 1.39. The summed E-state index contributed by atoms with van der Waals surface area (Å²) in [4.78, 5) is 20.9. The van der Waals surface area contributed by atoms with E-state index in [1.807, 2.05) is 24.3 Å². The smallest absolute Gasteiger partial charge is 0.264 e. The molecular weight excluding hydrogens is 346 g/mol. The molecule has 3 aromatic heterocycles. The van der Waals surface area contributed by atoms with E-state index in [0.29, 0.717) is 23.9 Å². The number of rotatable bonds is 4. The monoisotopic (exact) mass is 367 g/mol. The van der Waals surface area contributed by atoms with Crippen molar-refractivity contribution in [3.05, 3.63) is 57.6 Å². The number of carbonyl (C=O) groups excluding carboxylic acids is 1. The maximum Gasteiger partial charge on any atom is 0.264 e. The lowest BCUT2D eigenvalue weighted by Gasteiger charge is -2.16. The quantitative estimate of drug-likeness (QED) is 0.693. The molecule has 1 atom stereocenters. The fourth-order valence-corrected chi connectivity index (χ4v) is 4.53. The number of fused-ring (bicyclic) bond motifs is 1. The van der Waals surface area contributed by atoms with Crippen molar-refractivity contribution in [2.45, 2.75) is 32.7 Å². The number of carbonyl (C=O) groups is 1. The first-order valence-electron chi connectivity index (χ1n) is 8.84. The number of thiophene rings is 1. The lowest BCUT2D eigenvalue weighted by molar-refractivity contribution is 0.0777. The molecule has 0 aromatic carbocycles. The van der Waals surface area contributed by atoms with Crippen LogP contribution in [0.3, 0.4) is 0 Å². The number of hydrogen-bond acceptors (Lipinski definition) is 5. The first-order chi connectivity index (χ1) is 12.6. The second-order valence-corrected chi connectivity index (χ2v) is 8.10. The molecule has 1 amide bonds. The molecule has 4 rings (SSSR count). The third-order valence-corrected chi connectivity index (χ3v) is 5.99. The summed E-state index contributed by atoms with van der Waals surface area (Å²) in [6.07, 6.45) is 5.11. The lowest BCUT2D eigenvalue weighted by atomic mass is 9.90. The summed E-state index contributed by atoms with van der Waals surface area (Å²) in [7, 11) is 1.80. The van der Waals surface area contributed by atoms with Gasteiger partial charge in [0.2, 0.25) is 0 Å². The first-order valence-corrected chi connectivity index (χ1v) is 9.66. The Morgan fingerprint density at radius 1 is 1.35 bits per heavy atom. The molecule has 3 aromatic rings. The van der Waals surface area contributed by atoms with Crippen LogP contribution in [0.4, 0.5) is 0 Å². The van der Waals surface area contributed by atoms with E-state index in [1.165, 1.54) is 16.9 Å². The van der Waals surface area contributed by atoms with Crippen LogP contribution in [0.25, 0.3) is 11.4 Å². The van der Waals surface area contributed by atoms with Crippen LogP contribution in [0.1, 0.15) is 39.2 Å². The summed E-state index contributed by atoms with van der Waals surface area (Å²) in [6, 6.07) is 9.57. The highest BCUT2D eigenvalue weighted by Crippen LogP contribution is 2.32. The van der Waals surface area contributed by atoms with Gasteiger partial charge in [-0.3, -0.25) is 9.78 Å². The molecule has 0 fully saturated rings. The molecule has 0 bridgehead atoms. The van der Waals surface area contributed by atoms with E-state index in [0.717, 1.165) is 23.4 Å². The van der Waals surface area contributed by atoms with Crippen molar-refractivity contribution < 1.29 is 9.32 Å². The molecular formula is C20H21N3O2S. The topological polar surface area (TPSA) is 59.2 Å². The molecule has 3 heterocycles. The standard InChI is InChI=1S/C20H21N3O2S/c1-13-6-7-18-14(9-13)10-19(26-18)20(24)23(2)12-15-11-17(22-25-15)16-5-3-4-8-21-16/h3-5,8,10-11,13H,6-7,9,12H2,1-2H3. The van der Waals surface area contributed by atoms with E-state index >= 15 is 0 Å². The van der Waals surface area contributed by atoms with Crippen LogP contribution < -0.4 is 0 Å². The Balaban J connectivity index is 1.46. The van der Waals surface area contributed by atoms with Gasteiger partial charge in [-0.05, 0) is 48.9 Å². The normalized spacial score (nSPS) is 16.3. The van der Waals surface area contributed by atoms with E-state index < -0.39 is 0 Å². The van der Waals surface area contributed by atoms with E-state index in [1.54, 1.807) is 29.5 Å². The van der Waals surface area contributed by atoms with Crippen LogP contribution in [-0.2, 0) is 19.4 Å². The minimum absolute atomic E-state index is 0.0350. The number of aryl methyl sites for hydroxylation is 1. The van der Waals surface area contributed by atoms with Crippen molar-refractivity contribution >= 4 is 17.2 Å². The Bertz CT molecular complexity index is 916. The van der Waals surface area contributed by atoms with Gasteiger partial charge in [0.15, 0.2) is 5.76 Å². The predicted molar refractivity (Wildman–Crippen MR) is 101 cm³/mol. The highest BCUT2D eigenvalue weighted by atomic mass is 32.1. The Hall–Kier alpha value is -2.47. The summed E-state index contributed by atoms with van der Waals surface area (Å²) < 4.78 is 5.39. The molecule has 0 aliphatic heterocycles. The molecule has 1 aliphatic carbocycles. The van der Waals surface area contributed by atoms with Crippen molar-refractivity contribution in [2.75, 3.05) is 7.05 Å². The van der Waals surface area contributed by atoms with Crippen LogP contribution in [0.5, 0.6) is 0 Å². The molecule has 26 heavy (non-hydrogen) atoms. The highest BCUT2D eigenvalue weighted by molar-refractivity contribution is 7.14. The maximum absolute atomic E-state index is 12.8. The number of pyridine rings is 1. The number of hydrogen-bond donors (Lipinski definition) is 0. The lowest BCUT2D eigenvalue weighted by Crippen LogP contribution is -2.25. The second kappa shape index (κ2) is 7.03. The molecule has 0 spiro atoms. The van der Waals surface area contributed by atoms with Gasteiger partial charge < -0.3 is 9.42 Å². The van der Waals surface area contributed by atoms with E-state index in [-0.39, 0.29) is 5.91 Å². The zero-order chi connectivity index (χ0) is 18.1. The van der Waals surface area contributed by atoms with Crippen molar-refractivity contribution in [3.8, 4) is 11.4 Å². The van der Waals surface area contributed by atoms with Gasteiger partial charge in [-0.1, -0.05) is 18.1 Å². The summed E-state index contributed by atoms with van der Waals surface area (Å²) in [6.45, 7) is 2.66. The van der Waals surface area contributed by atoms with Gasteiger partial charge in [0.25, 0.3) is 5.91 Å². The number of amides is 1. The van der Waals surface area contributed by atoms with Gasteiger partial charge in [0, 0.05) is 24.2 Å². The van der Waals surface area contributed by atoms with Crippen LogP contribution in [0, 0.1) is 5.92 Å². The van der Waals surface area contributed by atoms with E-state index in [9.17, 15) is 4.79 Å². The van der Waals surface area contributed by atoms with Crippen LogP contribution in [0.2, 0.25) is 0 Å². The van der Waals surface area contributed by atoms with Gasteiger partial charge in [-0.25, -0.2) is 0 Å². The van der Waals surface area contributed by atoms with Gasteiger partial charge in [0.1, 0.15) is 5.69 Å². The first kappa shape index (κ1) is 17.0. The summed E-state index contributed by atoms with van der Waals surface area (Å²) in [5.41, 5.74) is 2.79. The molecule has 0 radical (unpaired) electrons. The zero-order valence-electron chi connectivity index (χ0n) is 14.9. The second-order valence-electron chi connectivity index (χ2n) is 6.96. The summed E-state index contributed by atoms with van der Waals surface area (Å²) in [5, 5.41) is 4.06. The van der Waals surface area contributed by atoms with Gasteiger partial charge in [-0.15, -0.1) is 11.3 Å². The fraction of sp³-hybridized carbons (Fsp3) is 0.350. The SMILES string of the molecule is CC1CCc2sc(C(=O)N(C)Cc3cc(-c4ccccn4)no3)cc2C1. The molecule has 6 heteroatoms. The van der Waals surface area contributed by atoms with Crippen LogP contribution in [-0.4, -0.2) is 28.0 Å². The Labute approximate surface area is 156 Å². The van der Waals surface area contributed by atoms with Gasteiger partial charge in [0.05, 0.1) is 17.1 Å². The number of aromatic nitrogens is 2. The number of nitrogens with zero attached hydrogens (tertiary/aromatic N) is 3. The Kier molecular flexibility index (Phi) is 4.59. The third kappa shape index (κ3) is 3.42. The van der Waals surface area contributed by atoms with Crippen molar-refractivity contribution in [1.29, 1.82) is 0 Å². The minimum atomic E-state index is 0.0350. The average Bonchev–Trinajstić information content (AvgIpc) is 3.28. The Morgan fingerprint density at radius 2 is 2.23 bits per heavy atom. The summed E-state index contributed by atoms with van der Waals surface area (Å²) >= 11 is 1.64. The maximum atomic E-state index is 12.8. The molecule has 1 unspecified atom stereocenters. The van der Waals surface area contributed by atoms with E-state index in [2.05, 4.69) is 23.1 Å². The van der Waals surface area contributed by atoms with Crippen LogP contribution in [0.15, 0.2) is 41.1 Å². The van der Waals surface area contributed by atoms with Crippen molar-refractivity contribution in [1.82, 2.24) is 15.0 Å². The largest absolute Gasteiger partial charge is 0.359 e. The molecule has 0 N–H and O–H groups in total. The minimum Gasteiger partial charge on any atom is -0.359 e. The third-order valence-electron chi connectivity index (χ3n) is 4.77. The Morgan fingerprint density at radius 3 is 3.04 bits per heavy atom. The fourth-order valence-electron chi connectivity index (χ4n) is 3.33. The molecule has 1 aliphatic rings. The molecule has 0 saturated carbocycles. The molecule has 5 nitrogen and oxygen atoms in total. The van der Waals surface area contributed by atoms with Crippen molar-refractivity contribution in [2.24, 2.45) is 5.92 Å². The molecule has 134 valence electrons.